The number of sulfonamides is 1. The second kappa shape index (κ2) is 6.40. The summed E-state index contributed by atoms with van der Waals surface area (Å²) in [5.41, 5.74) is 6.16. The first-order chi connectivity index (χ1) is 9.77. The minimum absolute atomic E-state index is 0.0745. The van der Waals surface area contributed by atoms with Crippen LogP contribution >= 0.6 is 23.2 Å². The van der Waals surface area contributed by atoms with E-state index < -0.39 is 10.0 Å². The fourth-order valence-electron chi connectivity index (χ4n) is 2.53. The number of hydrogen-bond acceptors (Lipinski definition) is 4. The molecule has 2 rings (SSSR count). The van der Waals surface area contributed by atoms with Crippen LogP contribution in [0.3, 0.4) is 0 Å². The molecule has 1 aromatic rings. The van der Waals surface area contributed by atoms with E-state index in [1.165, 1.54) is 16.4 Å². The molecule has 0 spiro atoms. The van der Waals surface area contributed by atoms with Gasteiger partial charge < -0.3 is 10.6 Å². The molecule has 5 nitrogen and oxygen atoms in total. The van der Waals surface area contributed by atoms with Crippen LogP contribution in [-0.2, 0) is 16.6 Å². The van der Waals surface area contributed by atoms with Gasteiger partial charge in [0.25, 0.3) is 0 Å². The molecule has 1 saturated heterocycles. The minimum atomic E-state index is -3.65. The molecule has 1 aliphatic heterocycles. The Morgan fingerprint density at radius 2 is 1.95 bits per heavy atom. The first-order valence-electron chi connectivity index (χ1n) is 6.65. The van der Waals surface area contributed by atoms with E-state index in [2.05, 4.69) is 4.90 Å². The molecule has 1 heterocycles. The molecule has 1 atom stereocenters. The van der Waals surface area contributed by atoms with E-state index in [-0.39, 0.29) is 22.5 Å². The van der Waals surface area contributed by atoms with Crippen molar-refractivity contribution in [2.75, 3.05) is 26.7 Å². The van der Waals surface area contributed by atoms with Crippen molar-refractivity contribution in [1.82, 2.24) is 9.21 Å². The van der Waals surface area contributed by atoms with Gasteiger partial charge in [0.05, 0.1) is 5.02 Å². The SMILES string of the molecule is CC1CN(C)CCN1S(=O)(=O)c1cc(CN)c(Cl)cc1Cl. The van der Waals surface area contributed by atoms with Gasteiger partial charge in [-0.2, -0.15) is 4.31 Å². The van der Waals surface area contributed by atoms with Gasteiger partial charge in [-0.25, -0.2) is 8.42 Å². The van der Waals surface area contributed by atoms with Gasteiger partial charge in [-0.05, 0) is 31.7 Å². The molecule has 1 unspecified atom stereocenters. The zero-order valence-corrected chi connectivity index (χ0v) is 14.3. The monoisotopic (exact) mass is 351 g/mol. The predicted molar refractivity (Wildman–Crippen MR) is 85.2 cm³/mol. The maximum absolute atomic E-state index is 12.8. The van der Waals surface area contributed by atoms with Gasteiger partial charge in [0, 0.05) is 37.2 Å². The number of rotatable bonds is 3. The molecule has 0 aromatic heterocycles. The van der Waals surface area contributed by atoms with Crippen molar-refractivity contribution in [1.29, 1.82) is 0 Å². The second-order valence-electron chi connectivity index (χ2n) is 5.31. The van der Waals surface area contributed by atoms with E-state index in [1.807, 2.05) is 14.0 Å². The Kier molecular flexibility index (Phi) is 5.18. The molecule has 118 valence electrons. The van der Waals surface area contributed by atoms with E-state index in [0.717, 1.165) is 0 Å². The average molecular weight is 352 g/mol. The van der Waals surface area contributed by atoms with Crippen LogP contribution in [0.2, 0.25) is 10.0 Å². The highest BCUT2D eigenvalue weighted by atomic mass is 35.5. The third kappa shape index (κ3) is 3.36. The fourth-order valence-corrected chi connectivity index (χ4v) is 5.00. The molecule has 1 aromatic carbocycles. The Morgan fingerprint density at radius 1 is 1.29 bits per heavy atom. The van der Waals surface area contributed by atoms with E-state index >= 15 is 0 Å². The summed E-state index contributed by atoms with van der Waals surface area (Å²) in [6.07, 6.45) is 0. The summed E-state index contributed by atoms with van der Waals surface area (Å²) in [5, 5.41) is 0.510. The van der Waals surface area contributed by atoms with Gasteiger partial charge in [-0.3, -0.25) is 0 Å². The first kappa shape index (κ1) is 17.0. The van der Waals surface area contributed by atoms with Crippen LogP contribution in [0.25, 0.3) is 0 Å². The van der Waals surface area contributed by atoms with Crippen molar-refractivity contribution in [2.45, 2.75) is 24.4 Å². The zero-order valence-electron chi connectivity index (χ0n) is 12.0. The van der Waals surface area contributed by atoms with Crippen LogP contribution in [-0.4, -0.2) is 50.3 Å². The lowest BCUT2D eigenvalue weighted by Crippen LogP contribution is -2.52. The third-order valence-electron chi connectivity index (χ3n) is 3.68. The standard InChI is InChI=1S/C13H19Cl2N3O2S/c1-9-8-17(2)3-4-18(9)21(19,20)13-5-10(7-16)11(14)6-12(13)15/h5-6,9H,3-4,7-8,16H2,1-2H3. The summed E-state index contributed by atoms with van der Waals surface area (Å²) in [6.45, 7) is 3.88. The summed E-state index contributed by atoms with van der Waals surface area (Å²) < 4.78 is 27.2. The molecular weight excluding hydrogens is 333 g/mol. The van der Waals surface area contributed by atoms with Crippen molar-refractivity contribution >= 4 is 33.2 Å². The van der Waals surface area contributed by atoms with Gasteiger partial charge in [-0.1, -0.05) is 23.2 Å². The van der Waals surface area contributed by atoms with E-state index in [1.54, 1.807) is 0 Å². The Balaban J connectivity index is 2.44. The minimum Gasteiger partial charge on any atom is -0.326 e. The molecule has 8 heteroatoms. The van der Waals surface area contributed by atoms with E-state index in [0.29, 0.717) is 30.2 Å². The van der Waals surface area contributed by atoms with Crippen molar-refractivity contribution < 1.29 is 8.42 Å². The molecule has 2 N–H and O–H groups in total. The Hall–Kier alpha value is -0.370. The van der Waals surface area contributed by atoms with E-state index in [9.17, 15) is 8.42 Å². The number of piperazine rings is 1. The van der Waals surface area contributed by atoms with Crippen LogP contribution < -0.4 is 5.73 Å². The topological polar surface area (TPSA) is 66.6 Å². The van der Waals surface area contributed by atoms with Gasteiger partial charge >= 0.3 is 0 Å². The largest absolute Gasteiger partial charge is 0.326 e. The number of halogens is 2. The van der Waals surface area contributed by atoms with E-state index in [4.69, 9.17) is 28.9 Å². The fraction of sp³-hybridized carbons (Fsp3) is 0.538. The summed E-state index contributed by atoms with van der Waals surface area (Å²) in [7, 11) is -1.68. The van der Waals surface area contributed by atoms with Crippen LogP contribution in [0.15, 0.2) is 17.0 Å². The Bertz CT molecular complexity index is 637. The lowest BCUT2D eigenvalue weighted by Gasteiger charge is -2.37. The number of nitrogens with two attached hydrogens (primary N) is 1. The zero-order chi connectivity index (χ0) is 15.8. The third-order valence-corrected chi connectivity index (χ3v) is 6.51. The lowest BCUT2D eigenvalue weighted by molar-refractivity contribution is 0.170. The highest BCUT2D eigenvalue weighted by Crippen LogP contribution is 2.31. The van der Waals surface area contributed by atoms with Gasteiger partial charge in [0.2, 0.25) is 10.0 Å². The van der Waals surface area contributed by atoms with Crippen molar-refractivity contribution in [3.63, 3.8) is 0 Å². The average Bonchev–Trinajstić information content (AvgIpc) is 2.37. The highest BCUT2D eigenvalue weighted by Gasteiger charge is 2.34. The van der Waals surface area contributed by atoms with Crippen LogP contribution in [0.4, 0.5) is 0 Å². The molecule has 0 saturated carbocycles. The van der Waals surface area contributed by atoms with Crippen LogP contribution in [0, 0.1) is 0 Å². The summed E-state index contributed by atoms with van der Waals surface area (Å²) in [6, 6.07) is 2.81. The van der Waals surface area contributed by atoms with Gasteiger partial charge in [-0.15, -0.1) is 0 Å². The van der Waals surface area contributed by atoms with Gasteiger partial charge in [0.15, 0.2) is 0 Å². The van der Waals surface area contributed by atoms with Crippen LogP contribution in [0.5, 0.6) is 0 Å². The predicted octanol–water partition coefficient (Wildman–Crippen LogP) is 1.78. The lowest BCUT2D eigenvalue weighted by atomic mass is 10.2. The van der Waals surface area contributed by atoms with Gasteiger partial charge in [0.1, 0.15) is 4.90 Å². The number of nitrogens with zero attached hydrogens (tertiary/aromatic N) is 2. The quantitative estimate of drug-likeness (QED) is 0.901. The maximum Gasteiger partial charge on any atom is 0.244 e. The second-order valence-corrected chi connectivity index (χ2v) is 7.98. The Labute approximate surface area is 135 Å². The summed E-state index contributed by atoms with van der Waals surface area (Å²) in [4.78, 5) is 2.18. The van der Waals surface area contributed by atoms with Crippen molar-refractivity contribution in [3.05, 3.63) is 27.7 Å². The van der Waals surface area contributed by atoms with Crippen molar-refractivity contribution in [3.8, 4) is 0 Å². The molecular formula is C13H19Cl2N3O2S. The molecule has 21 heavy (non-hydrogen) atoms. The molecule has 1 aliphatic rings. The molecule has 1 fully saturated rings. The Morgan fingerprint density at radius 3 is 2.52 bits per heavy atom. The number of benzene rings is 1. The summed E-state index contributed by atoms with van der Waals surface area (Å²) >= 11 is 12.1. The normalized spacial score (nSPS) is 21.7. The molecule has 0 amide bonds. The van der Waals surface area contributed by atoms with Crippen molar-refractivity contribution in [2.24, 2.45) is 5.73 Å². The summed E-state index contributed by atoms with van der Waals surface area (Å²) in [5.74, 6) is 0. The number of likely N-dealkylation sites (N-methyl/N-ethyl adjacent to an activating group) is 1. The first-order valence-corrected chi connectivity index (χ1v) is 8.85. The number of hydrogen-bond donors (Lipinski definition) is 1. The molecule has 0 bridgehead atoms. The van der Waals surface area contributed by atoms with Crippen LogP contribution in [0.1, 0.15) is 12.5 Å². The molecule has 0 radical (unpaired) electrons. The molecule has 0 aliphatic carbocycles. The maximum atomic E-state index is 12.8. The highest BCUT2D eigenvalue weighted by molar-refractivity contribution is 7.89. The smallest absolute Gasteiger partial charge is 0.244 e.